The summed E-state index contributed by atoms with van der Waals surface area (Å²) in [6.07, 6.45) is 1.58. The standard InChI is InChI=1S/C18H24N2O6/c1-5-10-26-15-7-6-14(11-16(15)25-4)17(22)20(12(2)18(23)24)9-8-19-13(3)21/h5-7,11-12H,1,8-10H2,2-4H3,(H,19,21)(H,23,24). The Kier molecular flexibility index (Phi) is 8.14. The number of carboxylic acid groups (broad SMARTS) is 1. The molecule has 1 atom stereocenters. The van der Waals surface area contributed by atoms with E-state index in [0.29, 0.717) is 11.5 Å². The first kappa shape index (κ1) is 21.0. The molecule has 1 rings (SSSR count). The second-order valence-electron chi connectivity index (χ2n) is 5.46. The zero-order valence-corrected chi connectivity index (χ0v) is 15.2. The molecule has 1 unspecified atom stereocenters. The van der Waals surface area contributed by atoms with Gasteiger partial charge in [0, 0.05) is 25.6 Å². The van der Waals surface area contributed by atoms with Crippen LogP contribution in [-0.2, 0) is 9.59 Å². The van der Waals surface area contributed by atoms with Crippen molar-refractivity contribution < 1.29 is 29.0 Å². The van der Waals surface area contributed by atoms with E-state index in [0.717, 1.165) is 0 Å². The van der Waals surface area contributed by atoms with Crippen LogP contribution in [0.4, 0.5) is 0 Å². The SMILES string of the molecule is C=CCOc1ccc(C(=O)N(CCNC(C)=O)C(C)C(=O)O)cc1OC. The van der Waals surface area contributed by atoms with Gasteiger partial charge in [-0.2, -0.15) is 0 Å². The number of hydrogen-bond donors (Lipinski definition) is 2. The van der Waals surface area contributed by atoms with Gasteiger partial charge in [0.1, 0.15) is 12.6 Å². The van der Waals surface area contributed by atoms with Crippen molar-refractivity contribution in [3.8, 4) is 11.5 Å². The third-order valence-corrected chi connectivity index (χ3v) is 3.58. The van der Waals surface area contributed by atoms with Gasteiger partial charge in [-0.1, -0.05) is 12.7 Å². The Balaban J connectivity index is 3.06. The molecule has 2 amide bonds. The van der Waals surface area contributed by atoms with E-state index >= 15 is 0 Å². The summed E-state index contributed by atoms with van der Waals surface area (Å²) in [5.41, 5.74) is 0.253. The highest BCUT2D eigenvalue weighted by molar-refractivity contribution is 5.97. The van der Waals surface area contributed by atoms with E-state index < -0.39 is 17.9 Å². The molecule has 1 aromatic rings. The van der Waals surface area contributed by atoms with Crippen LogP contribution in [0.5, 0.6) is 11.5 Å². The fourth-order valence-electron chi connectivity index (χ4n) is 2.19. The second-order valence-corrected chi connectivity index (χ2v) is 5.46. The van der Waals surface area contributed by atoms with E-state index in [1.54, 1.807) is 12.1 Å². The average molecular weight is 364 g/mol. The van der Waals surface area contributed by atoms with E-state index in [-0.39, 0.29) is 31.2 Å². The predicted molar refractivity (Wildman–Crippen MR) is 95.5 cm³/mol. The molecule has 0 aliphatic rings. The van der Waals surface area contributed by atoms with Gasteiger partial charge in [0.25, 0.3) is 5.91 Å². The second kappa shape index (κ2) is 10.1. The Hall–Kier alpha value is -3.03. The topological polar surface area (TPSA) is 105 Å². The molecule has 0 radical (unpaired) electrons. The van der Waals surface area contributed by atoms with Crippen LogP contribution in [-0.4, -0.2) is 60.6 Å². The zero-order valence-electron chi connectivity index (χ0n) is 15.2. The summed E-state index contributed by atoms with van der Waals surface area (Å²) in [6.45, 7) is 6.81. The molecule has 0 heterocycles. The van der Waals surface area contributed by atoms with Crippen LogP contribution in [0.3, 0.4) is 0 Å². The summed E-state index contributed by atoms with van der Waals surface area (Å²) in [4.78, 5) is 36.3. The normalized spacial score (nSPS) is 11.2. The van der Waals surface area contributed by atoms with Crippen molar-refractivity contribution in [1.29, 1.82) is 0 Å². The Bertz CT molecular complexity index is 674. The number of aliphatic carboxylic acids is 1. The number of nitrogens with zero attached hydrogens (tertiary/aromatic N) is 1. The number of amides is 2. The molecule has 0 fully saturated rings. The molecule has 8 heteroatoms. The highest BCUT2D eigenvalue weighted by Gasteiger charge is 2.27. The van der Waals surface area contributed by atoms with Crippen LogP contribution < -0.4 is 14.8 Å². The lowest BCUT2D eigenvalue weighted by Gasteiger charge is -2.27. The van der Waals surface area contributed by atoms with Gasteiger partial charge < -0.3 is 24.8 Å². The summed E-state index contributed by atoms with van der Waals surface area (Å²) in [5, 5.41) is 11.8. The largest absolute Gasteiger partial charge is 0.493 e. The summed E-state index contributed by atoms with van der Waals surface area (Å²) in [5.74, 6) is -1.09. The van der Waals surface area contributed by atoms with E-state index in [4.69, 9.17) is 9.47 Å². The maximum Gasteiger partial charge on any atom is 0.326 e. The number of hydrogen-bond acceptors (Lipinski definition) is 5. The van der Waals surface area contributed by atoms with Gasteiger partial charge in [0.05, 0.1) is 7.11 Å². The molecule has 8 nitrogen and oxygen atoms in total. The van der Waals surface area contributed by atoms with Crippen molar-refractivity contribution >= 4 is 17.8 Å². The Morgan fingerprint density at radius 2 is 2.04 bits per heavy atom. The number of rotatable bonds is 10. The van der Waals surface area contributed by atoms with E-state index in [1.165, 1.54) is 38.0 Å². The summed E-state index contributed by atoms with van der Waals surface area (Å²) < 4.78 is 10.7. The van der Waals surface area contributed by atoms with Gasteiger partial charge in [-0.3, -0.25) is 9.59 Å². The van der Waals surface area contributed by atoms with Crippen molar-refractivity contribution in [2.75, 3.05) is 26.8 Å². The minimum atomic E-state index is -1.14. The number of nitrogens with one attached hydrogen (secondary N) is 1. The van der Waals surface area contributed by atoms with Crippen LogP contribution in [0.2, 0.25) is 0 Å². The van der Waals surface area contributed by atoms with Gasteiger partial charge in [-0.25, -0.2) is 4.79 Å². The summed E-state index contributed by atoms with van der Waals surface area (Å²) in [7, 11) is 1.44. The molecule has 0 saturated carbocycles. The van der Waals surface area contributed by atoms with Crippen molar-refractivity contribution in [2.24, 2.45) is 0 Å². The van der Waals surface area contributed by atoms with Crippen molar-refractivity contribution in [3.05, 3.63) is 36.4 Å². The summed E-state index contributed by atoms with van der Waals surface area (Å²) >= 11 is 0. The molecule has 0 aliphatic carbocycles. The lowest BCUT2D eigenvalue weighted by atomic mass is 10.1. The van der Waals surface area contributed by atoms with E-state index in [2.05, 4.69) is 11.9 Å². The fraction of sp³-hybridized carbons (Fsp3) is 0.389. The zero-order chi connectivity index (χ0) is 19.7. The molecule has 0 spiro atoms. The highest BCUT2D eigenvalue weighted by Crippen LogP contribution is 2.28. The maximum atomic E-state index is 12.8. The van der Waals surface area contributed by atoms with E-state index in [9.17, 15) is 19.5 Å². The number of benzene rings is 1. The lowest BCUT2D eigenvalue weighted by molar-refractivity contribution is -0.141. The quantitative estimate of drug-likeness (QED) is 0.607. The Morgan fingerprint density at radius 1 is 1.35 bits per heavy atom. The molecule has 0 bridgehead atoms. The molecule has 0 aliphatic heterocycles. The van der Waals surface area contributed by atoms with Crippen molar-refractivity contribution in [3.63, 3.8) is 0 Å². The lowest BCUT2D eigenvalue weighted by Crippen LogP contribution is -2.46. The van der Waals surface area contributed by atoms with Gasteiger partial charge in [-0.05, 0) is 25.1 Å². The van der Waals surface area contributed by atoms with Gasteiger partial charge in [0.15, 0.2) is 11.5 Å². The molecule has 1 aromatic carbocycles. The fourth-order valence-corrected chi connectivity index (χ4v) is 2.19. The molecule has 26 heavy (non-hydrogen) atoms. The third kappa shape index (κ3) is 5.80. The minimum Gasteiger partial charge on any atom is -0.493 e. The number of methoxy groups -OCH3 is 1. The van der Waals surface area contributed by atoms with Crippen LogP contribution in [0.15, 0.2) is 30.9 Å². The van der Waals surface area contributed by atoms with Gasteiger partial charge in [-0.15, -0.1) is 0 Å². The van der Waals surface area contributed by atoms with Crippen LogP contribution in [0, 0.1) is 0 Å². The van der Waals surface area contributed by atoms with Gasteiger partial charge in [0.2, 0.25) is 5.91 Å². The molecular weight excluding hydrogens is 340 g/mol. The smallest absolute Gasteiger partial charge is 0.326 e. The highest BCUT2D eigenvalue weighted by atomic mass is 16.5. The monoisotopic (exact) mass is 364 g/mol. The van der Waals surface area contributed by atoms with Crippen LogP contribution in [0.1, 0.15) is 24.2 Å². The number of carbonyl (C=O) groups excluding carboxylic acids is 2. The van der Waals surface area contributed by atoms with Gasteiger partial charge >= 0.3 is 5.97 Å². The average Bonchev–Trinajstić information content (AvgIpc) is 2.62. The minimum absolute atomic E-state index is 0.0584. The van der Waals surface area contributed by atoms with Crippen molar-refractivity contribution in [2.45, 2.75) is 19.9 Å². The third-order valence-electron chi connectivity index (χ3n) is 3.58. The molecule has 0 saturated heterocycles. The Labute approximate surface area is 152 Å². The first-order valence-electron chi connectivity index (χ1n) is 8.01. The number of carbonyl (C=O) groups is 3. The predicted octanol–water partition coefficient (Wildman–Crippen LogP) is 1.31. The van der Waals surface area contributed by atoms with Crippen molar-refractivity contribution in [1.82, 2.24) is 10.2 Å². The summed E-state index contributed by atoms with van der Waals surface area (Å²) in [6, 6.07) is 3.54. The number of ether oxygens (including phenoxy) is 2. The maximum absolute atomic E-state index is 12.8. The number of carboxylic acids is 1. The molecular formula is C18H24N2O6. The van der Waals surface area contributed by atoms with E-state index in [1.807, 2.05) is 0 Å². The Morgan fingerprint density at radius 3 is 2.58 bits per heavy atom. The molecule has 142 valence electrons. The first-order chi connectivity index (χ1) is 12.3. The van der Waals surface area contributed by atoms with Crippen LogP contribution in [0.25, 0.3) is 0 Å². The molecule has 0 aromatic heterocycles. The van der Waals surface area contributed by atoms with Crippen LogP contribution >= 0.6 is 0 Å². The first-order valence-corrected chi connectivity index (χ1v) is 8.01. The molecule has 2 N–H and O–H groups in total.